The number of imide groups is 1. The Morgan fingerprint density at radius 3 is 2.39 bits per heavy atom. The molecule has 2 aromatic carbocycles. The SMILES string of the molecule is COc1ccc(CCN2C(=O)C(c3ccc(Cl)cc3)=C(N3CCCC(C)C3)C2=O)cc1. The molecule has 4 rings (SSSR count). The van der Waals surface area contributed by atoms with Crippen molar-refractivity contribution in [3.05, 3.63) is 70.4 Å². The molecule has 2 amide bonds. The summed E-state index contributed by atoms with van der Waals surface area (Å²) in [6.45, 7) is 4.12. The van der Waals surface area contributed by atoms with Crippen molar-refractivity contribution < 1.29 is 14.3 Å². The van der Waals surface area contributed by atoms with Crippen molar-refractivity contribution in [2.24, 2.45) is 5.92 Å². The summed E-state index contributed by atoms with van der Waals surface area (Å²) in [5.41, 5.74) is 2.82. The summed E-state index contributed by atoms with van der Waals surface area (Å²) >= 11 is 6.06. The van der Waals surface area contributed by atoms with Crippen LogP contribution in [0.4, 0.5) is 0 Å². The Labute approximate surface area is 188 Å². The summed E-state index contributed by atoms with van der Waals surface area (Å²) in [6, 6.07) is 14.9. The molecule has 1 atom stereocenters. The topological polar surface area (TPSA) is 49.9 Å². The zero-order valence-electron chi connectivity index (χ0n) is 17.9. The maximum absolute atomic E-state index is 13.5. The van der Waals surface area contributed by atoms with E-state index in [1.807, 2.05) is 36.4 Å². The molecular formula is C25H27ClN2O3. The number of ether oxygens (including phenoxy) is 1. The molecule has 2 aromatic rings. The first kappa shape index (κ1) is 21.4. The number of methoxy groups -OCH3 is 1. The monoisotopic (exact) mass is 438 g/mol. The van der Waals surface area contributed by atoms with Gasteiger partial charge in [-0.05, 0) is 60.6 Å². The minimum atomic E-state index is -0.228. The molecule has 0 N–H and O–H groups in total. The van der Waals surface area contributed by atoms with Crippen molar-refractivity contribution in [2.45, 2.75) is 26.2 Å². The van der Waals surface area contributed by atoms with Gasteiger partial charge < -0.3 is 9.64 Å². The van der Waals surface area contributed by atoms with E-state index in [9.17, 15) is 9.59 Å². The van der Waals surface area contributed by atoms with Crippen molar-refractivity contribution in [2.75, 3.05) is 26.7 Å². The Bertz CT molecular complexity index is 998. The molecule has 2 aliphatic rings. The number of carbonyl (C=O) groups excluding carboxylic acids is 2. The summed E-state index contributed by atoms with van der Waals surface area (Å²) in [5, 5.41) is 0.602. The van der Waals surface area contributed by atoms with Gasteiger partial charge in [-0.15, -0.1) is 0 Å². The van der Waals surface area contributed by atoms with Crippen LogP contribution in [-0.4, -0.2) is 48.4 Å². The first-order valence-electron chi connectivity index (χ1n) is 10.7. The van der Waals surface area contributed by atoms with E-state index in [0.717, 1.165) is 42.8 Å². The van der Waals surface area contributed by atoms with Crippen LogP contribution < -0.4 is 4.74 Å². The minimum absolute atomic E-state index is 0.197. The number of benzene rings is 2. The molecule has 1 fully saturated rings. The first-order valence-corrected chi connectivity index (χ1v) is 11.1. The molecule has 5 nitrogen and oxygen atoms in total. The lowest BCUT2D eigenvalue weighted by molar-refractivity contribution is -0.137. The summed E-state index contributed by atoms with van der Waals surface area (Å²) in [4.78, 5) is 30.4. The molecule has 31 heavy (non-hydrogen) atoms. The number of hydrogen-bond donors (Lipinski definition) is 0. The van der Waals surface area contributed by atoms with Crippen LogP contribution in [0.1, 0.15) is 30.9 Å². The van der Waals surface area contributed by atoms with Crippen molar-refractivity contribution >= 4 is 29.0 Å². The number of hydrogen-bond acceptors (Lipinski definition) is 4. The number of likely N-dealkylation sites (tertiary alicyclic amines) is 1. The van der Waals surface area contributed by atoms with Crippen molar-refractivity contribution in [1.82, 2.24) is 9.80 Å². The number of amides is 2. The van der Waals surface area contributed by atoms with Gasteiger partial charge in [0.05, 0.1) is 12.7 Å². The molecule has 0 aliphatic carbocycles. The summed E-state index contributed by atoms with van der Waals surface area (Å²) in [5.74, 6) is 0.848. The predicted molar refractivity (Wildman–Crippen MR) is 122 cm³/mol. The Kier molecular flexibility index (Phi) is 6.33. The van der Waals surface area contributed by atoms with Crippen molar-refractivity contribution in [3.63, 3.8) is 0 Å². The zero-order chi connectivity index (χ0) is 22.0. The molecule has 0 radical (unpaired) electrons. The highest BCUT2D eigenvalue weighted by atomic mass is 35.5. The van der Waals surface area contributed by atoms with Gasteiger partial charge in [0.15, 0.2) is 0 Å². The lowest BCUT2D eigenvalue weighted by Gasteiger charge is -2.33. The molecule has 0 aromatic heterocycles. The minimum Gasteiger partial charge on any atom is -0.497 e. The van der Waals surface area contributed by atoms with Gasteiger partial charge in [-0.2, -0.15) is 0 Å². The highest BCUT2D eigenvalue weighted by molar-refractivity contribution is 6.36. The normalized spacial score (nSPS) is 19.4. The summed E-state index contributed by atoms with van der Waals surface area (Å²) in [6.07, 6.45) is 2.76. The van der Waals surface area contributed by atoms with Gasteiger partial charge in [0.25, 0.3) is 11.8 Å². The van der Waals surface area contributed by atoms with Gasteiger partial charge in [0.1, 0.15) is 11.4 Å². The predicted octanol–water partition coefficient (Wildman–Crippen LogP) is 4.40. The Balaban J connectivity index is 1.62. The number of halogens is 1. The van der Waals surface area contributed by atoms with Crippen LogP contribution in [0.15, 0.2) is 54.2 Å². The fraction of sp³-hybridized carbons (Fsp3) is 0.360. The Morgan fingerprint density at radius 1 is 1.03 bits per heavy atom. The van der Waals surface area contributed by atoms with E-state index in [1.54, 1.807) is 19.2 Å². The molecule has 1 saturated heterocycles. The molecule has 1 unspecified atom stereocenters. The van der Waals surface area contributed by atoms with E-state index in [4.69, 9.17) is 16.3 Å². The standard InChI is InChI=1S/C25H27ClN2O3/c1-17-4-3-14-27(16-17)23-22(19-7-9-20(26)10-8-19)24(29)28(25(23)30)15-13-18-5-11-21(31-2)12-6-18/h5-12,17H,3-4,13-16H2,1-2H3. The maximum atomic E-state index is 13.5. The van der Waals surface area contributed by atoms with Gasteiger partial charge in [-0.25, -0.2) is 0 Å². The van der Waals surface area contributed by atoms with Gasteiger partial charge >= 0.3 is 0 Å². The van der Waals surface area contributed by atoms with E-state index in [1.165, 1.54) is 4.90 Å². The maximum Gasteiger partial charge on any atom is 0.277 e. The smallest absolute Gasteiger partial charge is 0.277 e. The van der Waals surface area contributed by atoms with E-state index in [2.05, 4.69) is 11.8 Å². The fourth-order valence-corrected chi connectivity index (χ4v) is 4.49. The summed E-state index contributed by atoms with van der Waals surface area (Å²) in [7, 11) is 1.63. The van der Waals surface area contributed by atoms with Gasteiger partial charge in [0.2, 0.25) is 0 Å². The van der Waals surface area contributed by atoms with E-state index in [-0.39, 0.29) is 11.8 Å². The second kappa shape index (κ2) is 9.15. The van der Waals surface area contributed by atoms with E-state index >= 15 is 0 Å². The lowest BCUT2D eigenvalue weighted by Crippen LogP contribution is -2.39. The second-order valence-electron chi connectivity index (χ2n) is 8.28. The largest absolute Gasteiger partial charge is 0.497 e. The van der Waals surface area contributed by atoms with Crippen LogP contribution in [0.2, 0.25) is 5.02 Å². The Hall–Kier alpha value is -2.79. The third-order valence-electron chi connectivity index (χ3n) is 6.03. The first-order chi connectivity index (χ1) is 15.0. The molecule has 2 heterocycles. The zero-order valence-corrected chi connectivity index (χ0v) is 18.7. The lowest BCUT2D eigenvalue weighted by atomic mass is 9.98. The highest BCUT2D eigenvalue weighted by Crippen LogP contribution is 2.34. The van der Waals surface area contributed by atoms with Crippen LogP contribution in [0.25, 0.3) is 5.57 Å². The number of rotatable bonds is 6. The molecule has 2 aliphatic heterocycles. The summed E-state index contributed by atoms with van der Waals surface area (Å²) < 4.78 is 5.20. The van der Waals surface area contributed by atoms with Crippen LogP contribution >= 0.6 is 11.6 Å². The van der Waals surface area contributed by atoms with Crippen LogP contribution in [0.3, 0.4) is 0 Å². The molecule has 0 saturated carbocycles. The van der Waals surface area contributed by atoms with E-state index < -0.39 is 0 Å². The van der Waals surface area contributed by atoms with Gasteiger partial charge in [-0.3, -0.25) is 14.5 Å². The number of piperidine rings is 1. The van der Waals surface area contributed by atoms with Crippen LogP contribution in [-0.2, 0) is 16.0 Å². The highest BCUT2D eigenvalue weighted by Gasteiger charge is 2.41. The fourth-order valence-electron chi connectivity index (χ4n) is 4.36. The third-order valence-corrected chi connectivity index (χ3v) is 6.28. The van der Waals surface area contributed by atoms with Gasteiger partial charge in [-0.1, -0.05) is 42.8 Å². The number of carbonyl (C=O) groups is 2. The molecule has 0 spiro atoms. The number of nitrogens with zero attached hydrogens (tertiary/aromatic N) is 2. The van der Waals surface area contributed by atoms with Crippen molar-refractivity contribution in [1.29, 1.82) is 0 Å². The molecule has 162 valence electrons. The Morgan fingerprint density at radius 2 is 1.74 bits per heavy atom. The third kappa shape index (κ3) is 4.47. The van der Waals surface area contributed by atoms with Crippen LogP contribution in [0.5, 0.6) is 5.75 Å². The van der Waals surface area contributed by atoms with Gasteiger partial charge in [0, 0.05) is 24.7 Å². The molecule has 6 heteroatoms. The quantitative estimate of drug-likeness (QED) is 0.627. The average Bonchev–Trinajstić information content (AvgIpc) is 3.03. The van der Waals surface area contributed by atoms with Crippen molar-refractivity contribution in [3.8, 4) is 5.75 Å². The molecule has 0 bridgehead atoms. The second-order valence-corrected chi connectivity index (χ2v) is 8.72. The van der Waals surface area contributed by atoms with E-state index in [0.29, 0.717) is 35.2 Å². The average molecular weight is 439 g/mol. The van der Waals surface area contributed by atoms with Crippen LogP contribution in [0, 0.1) is 5.92 Å². The molecular weight excluding hydrogens is 412 g/mol.